The van der Waals surface area contributed by atoms with Gasteiger partial charge in [-0.2, -0.15) is 0 Å². The number of hydrogen-bond donors (Lipinski definition) is 2. The van der Waals surface area contributed by atoms with Gasteiger partial charge < -0.3 is 15.0 Å². The highest BCUT2D eigenvalue weighted by molar-refractivity contribution is 6.05. The zero-order chi connectivity index (χ0) is 24.8. The van der Waals surface area contributed by atoms with E-state index in [4.69, 9.17) is 4.74 Å². The number of carbonyl (C=O) groups excluding carboxylic acids is 4. The van der Waals surface area contributed by atoms with E-state index < -0.39 is 17.9 Å². The Kier molecular flexibility index (Phi) is 5.29. The molecule has 0 radical (unpaired) electrons. The molecule has 2 fully saturated rings. The molecular weight excluding hydrogens is 470 g/mol. The van der Waals surface area contributed by atoms with E-state index in [1.165, 1.54) is 15.8 Å². The summed E-state index contributed by atoms with van der Waals surface area (Å²) >= 11 is 0. The van der Waals surface area contributed by atoms with Crippen molar-refractivity contribution in [1.82, 2.24) is 40.2 Å². The molecule has 5 heterocycles. The van der Waals surface area contributed by atoms with E-state index in [1.54, 1.807) is 29.1 Å². The largest absolute Gasteiger partial charge is 0.379 e. The van der Waals surface area contributed by atoms with Gasteiger partial charge >= 0.3 is 0 Å². The maximum atomic E-state index is 13.0. The van der Waals surface area contributed by atoms with Crippen LogP contribution in [0.4, 0.5) is 5.82 Å². The molecule has 6 rings (SSSR count). The van der Waals surface area contributed by atoms with Gasteiger partial charge in [-0.1, -0.05) is 16.5 Å². The number of anilines is 1. The van der Waals surface area contributed by atoms with Gasteiger partial charge in [0.25, 0.3) is 11.8 Å². The summed E-state index contributed by atoms with van der Waals surface area (Å²) in [7, 11) is 0. The molecular formula is C22H21N9O5. The van der Waals surface area contributed by atoms with Crippen molar-refractivity contribution in [3.63, 3.8) is 0 Å². The molecule has 3 aliphatic heterocycles. The summed E-state index contributed by atoms with van der Waals surface area (Å²) in [5, 5.41) is 20.9. The number of nitrogens with one attached hydrogen (secondary N) is 2. The Morgan fingerprint density at radius 1 is 1.11 bits per heavy atom. The number of benzene rings is 1. The van der Waals surface area contributed by atoms with Gasteiger partial charge in [0, 0.05) is 25.1 Å². The topological polar surface area (TPSA) is 166 Å². The molecule has 2 unspecified atom stereocenters. The molecule has 0 bridgehead atoms. The van der Waals surface area contributed by atoms with Crippen molar-refractivity contribution in [1.29, 1.82) is 0 Å². The minimum Gasteiger partial charge on any atom is -0.379 e. The molecule has 0 spiro atoms. The van der Waals surface area contributed by atoms with Gasteiger partial charge in [-0.15, -0.1) is 10.2 Å². The smallest absolute Gasteiger partial charge is 0.279 e. The zero-order valence-electron chi connectivity index (χ0n) is 19.0. The van der Waals surface area contributed by atoms with Crippen LogP contribution >= 0.6 is 0 Å². The van der Waals surface area contributed by atoms with E-state index in [0.717, 1.165) is 12.0 Å². The van der Waals surface area contributed by atoms with Gasteiger partial charge in [0.1, 0.15) is 6.04 Å². The molecule has 14 nitrogen and oxygen atoms in total. The van der Waals surface area contributed by atoms with Gasteiger partial charge in [-0.25, -0.2) is 9.36 Å². The average molecular weight is 491 g/mol. The van der Waals surface area contributed by atoms with Gasteiger partial charge in [-0.3, -0.25) is 24.5 Å². The van der Waals surface area contributed by atoms with Crippen LogP contribution in [0.5, 0.6) is 0 Å². The van der Waals surface area contributed by atoms with Crippen LogP contribution in [-0.2, 0) is 20.9 Å². The predicted molar refractivity (Wildman–Crippen MR) is 120 cm³/mol. The Balaban J connectivity index is 1.16. The number of piperidine rings is 1. The zero-order valence-corrected chi connectivity index (χ0v) is 19.0. The van der Waals surface area contributed by atoms with Crippen LogP contribution < -0.4 is 10.6 Å². The molecule has 3 aliphatic rings. The molecule has 36 heavy (non-hydrogen) atoms. The van der Waals surface area contributed by atoms with Crippen molar-refractivity contribution in [3.05, 3.63) is 47.4 Å². The van der Waals surface area contributed by atoms with Crippen LogP contribution in [0, 0.1) is 0 Å². The summed E-state index contributed by atoms with van der Waals surface area (Å²) in [5.41, 5.74) is 1.80. The number of rotatable bonds is 5. The standard InChI is InChI=1S/C22H21N9O5/c32-19-4-3-17(21(34)24-19)29-8-12-1-2-13(7-15(12)22(29)35)30-9-16(25-27-30)20(33)23-18-10-31(28-26-18)14-5-6-36-11-14/h1-2,7,9-10,14,17H,3-6,8,11H2,(H,23,33)(H,24,32,34). The Labute approximate surface area is 203 Å². The molecule has 184 valence electrons. The van der Waals surface area contributed by atoms with Gasteiger partial charge in [0.05, 0.1) is 30.7 Å². The number of amides is 4. The van der Waals surface area contributed by atoms with Crippen molar-refractivity contribution in [2.45, 2.75) is 37.9 Å². The highest BCUT2D eigenvalue weighted by Crippen LogP contribution is 2.29. The Morgan fingerprint density at radius 3 is 2.81 bits per heavy atom. The SMILES string of the molecule is O=C1CCC(N2Cc3ccc(-n4cc(C(=O)Nc5cn(C6CCOC6)nn5)nn4)cc3C2=O)C(=O)N1. The normalized spacial score (nSPS) is 21.6. The number of aromatic nitrogens is 6. The number of fused-ring (bicyclic) bond motifs is 1. The van der Waals surface area contributed by atoms with E-state index in [9.17, 15) is 19.2 Å². The Hall–Kier alpha value is -4.46. The van der Waals surface area contributed by atoms with Crippen molar-refractivity contribution in [2.75, 3.05) is 18.5 Å². The first-order valence-corrected chi connectivity index (χ1v) is 11.5. The lowest BCUT2D eigenvalue weighted by Gasteiger charge is -2.29. The molecule has 14 heteroatoms. The fourth-order valence-electron chi connectivity index (χ4n) is 4.60. The number of hydrogen-bond acceptors (Lipinski definition) is 9. The Bertz CT molecular complexity index is 1390. The maximum absolute atomic E-state index is 13.0. The minimum absolute atomic E-state index is 0.0609. The fraction of sp³-hybridized carbons (Fsp3) is 0.364. The average Bonchev–Trinajstić information content (AvgIpc) is 3.66. The van der Waals surface area contributed by atoms with Crippen LogP contribution in [0.25, 0.3) is 5.69 Å². The lowest BCUT2D eigenvalue weighted by atomic mass is 10.0. The number of carbonyl (C=O) groups is 4. The first-order chi connectivity index (χ1) is 17.5. The summed E-state index contributed by atoms with van der Waals surface area (Å²) in [6, 6.07) is 4.59. The first-order valence-electron chi connectivity index (χ1n) is 11.5. The van der Waals surface area contributed by atoms with Crippen molar-refractivity contribution in [3.8, 4) is 5.69 Å². The van der Waals surface area contributed by atoms with Crippen LogP contribution in [0.15, 0.2) is 30.6 Å². The molecule has 2 atom stereocenters. The van der Waals surface area contributed by atoms with Crippen LogP contribution in [0.2, 0.25) is 0 Å². The molecule has 2 saturated heterocycles. The van der Waals surface area contributed by atoms with Gasteiger partial charge in [0.15, 0.2) is 11.5 Å². The lowest BCUT2D eigenvalue weighted by molar-refractivity contribution is -0.136. The quantitative estimate of drug-likeness (QED) is 0.461. The van der Waals surface area contributed by atoms with E-state index in [0.29, 0.717) is 30.9 Å². The fourth-order valence-corrected chi connectivity index (χ4v) is 4.60. The monoisotopic (exact) mass is 491 g/mol. The third-order valence-electron chi connectivity index (χ3n) is 6.53. The summed E-state index contributed by atoms with van der Waals surface area (Å²) in [6.07, 6.45) is 4.41. The third-order valence-corrected chi connectivity index (χ3v) is 6.53. The molecule has 2 N–H and O–H groups in total. The number of ether oxygens (including phenoxy) is 1. The molecule has 0 aliphatic carbocycles. The summed E-state index contributed by atoms with van der Waals surface area (Å²) in [6.45, 7) is 1.50. The van der Waals surface area contributed by atoms with Crippen LogP contribution in [-0.4, -0.2) is 77.8 Å². The second-order valence-corrected chi connectivity index (χ2v) is 8.85. The first kappa shape index (κ1) is 22.0. The second-order valence-electron chi connectivity index (χ2n) is 8.85. The highest BCUT2D eigenvalue weighted by atomic mass is 16.5. The van der Waals surface area contributed by atoms with Gasteiger partial charge in [-0.05, 0) is 30.5 Å². The summed E-state index contributed by atoms with van der Waals surface area (Å²) in [5.74, 6) is -1.30. The van der Waals surface area contributed by atoms with Crippen molar-refractivity contribution < 1.29 is 23.9 Å². The number of nitrogens with zero attached hydrogens (tertiary/aromatic N) is 7. The van der Waals surface area contributed by atoms with E-state index in [1.807, 2.05) is 0 Å². The van der Waals surface area contributed by atoms with Crippen LogP contribution in [0.3, 0.4) is 0 Å². The Morgan fingerprint density at radius 2 is 2.00 bits per heavy atom. The predicted octanol–water partition coefficient (Wildman–Crippen LogP) is -0.166. The molecule has 2 aromatic heterocycles. The molecule has 3 aromatic rings. The van der Waals surface area contributed by atoms with E-state index in [2.05, 4.69) is 31.3 Å². The number of imide groups is 1. The molecule has 0 saturated carbocycles. The highest BCUT2D eigenvalue weighted by Gasteiger charge is 2.39. The second kappa shape index (κ2) is 8.64. The lowest BCUT2D eigenvalue weighted by Crippen LogP contribution is -2.52. The third kappa shape index (κ3) is 3.90. The minimum atomic E-state index is -0.688. The van der Waals surface area contributed by atoms with E-state index in [-0.39, 0.29) is 42.3 Å². The molecule has 4 amide bonds. The van der Waals surface area contributed by atoms with Crippen molar-refractivity contribution in [2.24, 2.45) is 0 Å². The van der Waals surface area contributed by atoms with Gasteiger partial charge in [0.2, 0.25) is 11.8 Å². The van der Waals surface area contributed by atoms with Crippen LogP contribution in [0.1, 0.15) is 51.7 Å². The maximum Gasteiger partial charge on any atom is 0.279 e. The summed E-state index contributed by atoms with van der Waals surface area (Å²) in [4.78, 5) is 50.9. The summed E-state index contributed by atoms with van der Waals surface area (Å²) < 4.78 is 8.40. The van der Waals surface area contributed by atoms with E-state index >= 15 is 0 Å². The van der Waals surface area contributed by atoms with Crippen molar-refractivity contribution >= 4 is 29.4 Å². The molecule has 1 aromatic carbocycles.